The molecule has 26 heavy (non-hydrogen) atoms. The van der Waals surface area contributed by atoms with Gasteiger partial charge in [-0.25, -0.2) is 18.6 Å². The van der Waals surface area contributed by atoms with Gasteiger partial charge in [-0.1, -0.05) is 12.1 Å². The summed E-state index contributed by atoms with van der Waals surface area (Å²) < 4.78 is 26.0. The Morgan fingerprint density at radius 1 is 1.15 bits per heavy atom. The average molecular weight is 535 g/mol. The predicted molar refractivity (Wildman–Crippen MR) is 86.9 cm³/mol. The molecule has 0 aliphatic carbocycles. The molecule has 2 aromatic heterocycles. The first-order valence-corrected chi connectivity index (χ1v) is 7.20. The predicted octanol–water partition coefficient (Wildman–Crippen LogP) is 3.62. The number of carbonyl (C=O) groups is 1. The van der Waals surface area contributed by atoms with Gasteiger partial charge >= 0.3 is 5.97 Å². The fourth-order valence-electron chi connectivity index (χ4n) is 1.98. The number of aromatic nitrogens is 3. The van der Waals surface area contributed by atoms with Crippen LogP contribution in [0, 0.1) is 31.5 Å². The second kappa shape index (κ2) is 9.79. The molecule has 0 amide bonds. The van der Waals surface area contributed by atoms with Crippen LogP contribution >= 0.6 is 0 Å². The first-order valence-electron chi connectivity index (χ1n) is 7.20. The smallest absolute Gasteiger partial charge is 0.354 e. The summed E-state index contributed by atoms with van der Waals surface area (Å²) in [6.45, 7) is 3.55. The molecule has 0 bridgehead atoms. The quantitative estimate of drug-likeness (QED) is 0.509. The minimum Gasteiger partial charge on any atom is -0.477 e. The molecule has 5 nitrogen and oxygen atoms in total. The largest absolute Gasteiger partial charge is 0.477 e. The van der Waals surface area contributed by atoms with Gasteiger partial charge in [-0.15, -0.1) is 17.7 Å². The standard InChI is InChI=1S/C12H9F2N2.C6H5NO2.Ir/c1-7-6-15-12(8(2)16-7)9-3-10(13)5-11(14)4-9;8-6(9)5-3-1-2-4-7-5;/h3,5-6H,1-2H3;1-4H,(H,8,9);/q-1;;. The molecule has 0 aliphatic heterocycles. The Morgan fingerprint density at radius 2 is 1.88 bits per heavy atom. The van der Waals surface area contributed by atoms with Gasteiger partial charge in [0.05, 0.1) is 5.69 Å². The number of carboxylic acid groups (broad SMARTS) is 1. The van der Waals surface area contributed by atoms with Crippen molar-refractivity contribution in [1.82, 2.24) is 15.0 Å². The van der Waals surface area contributed by atoms with Gasteiger partial charge in [-0.3, -0.25) is 4.98 Å². The van der Waals surface area contributed by atoms with Crippen LogP contribution in [0.4, 0.5) is 8.78 Å². The van der Waals surface area contributed by atoms with Crippen LogP contribution in [-0.4, -0.2) is 26.0 Å². The van der Waals surface area contributed by atoms with Crippen LogP contribution in [0.15, 0.2) is 42.7 Å². The van der Waals surface area contributed by atoms with E-state index in [4.69, 9.17) is 5.11 Å². The summed E-state index contributed by atoms with van der Waals surface area (Å²) >= 11 is 0. The van der Waals surface area contributed by atoms with Crippen LogP contribution in [0.5, 0.6) is 0 Å². The number of halogens is 2. The van der Waals surface area contributed by atoms with E-state index >= 15 is 0 Å². The molecule has 3 rings (SSSR count). The van der Waals surface area contributed by atoms with Crippen molar-refractivity contribution in [1.29, 1.82) is 0 Å². The summed E-state index contributed by atoms with van der Waals surface area (Å²) in [5.41, 5.74) is 2.20. The molecular formula is C18H14F2IrN3O2-. The van der Waals surface area contributed by atoms with Gasteiger partial charge < -0.3 is 10.1 Å². The number of hydrogen-bond donors (Lipinski definition) is 1. The van der Waals surface area contributed by atoms with Crippen molar-refractivity contribution in [2.75, 3.05) is 0 Å². The van der Waals surface area contributed by atoms with Gasteiger partial charge in [-0.05, 0) is 26.0 Å². The molecule has 2 heterocycles. The van der Waals surface area contributed by atoms with E-state index in [-0.39, 0.29) is 31.4 Å². The monoisotopic (exact) mass is 535 g/mol. The van der Waals surface area contributed by atoms with E-state index in [0.717, 1.165) is 11.8 Å². The van der Waals surface area contributed by atoms with Crippen LogP contribution < -0.4 is 0 Å². The minimum atomic E-state index is -0.990. The molecule has 0 unspecified atom stereocenters. The van der Waals surface area contributed by atoms with E-state index in [2.05, 4.69) is 21.0 Å². The Morgan fingerprint density at radius 3 is 2.38 bits per heavy atom. The Kier molecular flexibility index (Phi) is 8.09. The number of aromatic carboxylic acids is 1. The minimum absolute atomic E-state index is 0. The van der Waals surface area contributed by atoms with Crippen LogP contribution in [0.25, 0.3) is 11.3 Å². The van der Waals surface area contributed by atoms with E-state index < -0.39 is 17.6 Å². The van der Waals surface area contributed by atoms with E-state index in [1.165, 1.54) is 18.3 Å². The summed E-state index contributed by atoms with van der Waals surface area (Å²) in [6.07, 6.45) is 3.00. The average Bonchev–Trinajstić information content (AvgIpc) is 2.55. The zero-order valence-corrected chi connectivity index (χ0v) is 16.2. The molecular weight excluding hydrogens is 520 g/mol. The van der Waals surface area contributed by atoms with Crippen molar-refractivity contribution in [3.8, 4) is 11.3 Å². The number of rotatable bonds is 2. The van der Waals surface area contributed by atoms with E-state index in [1.54, 1.807) is 32.2 Å². The van der Waals surface area contributed by atoms with E-state index in [0.29, 0.717) is 11.4 Å². The summed E-state index contributed by atoms with van der Waals surface area (Å²) in [5, 5.41) is 8.32. The second-order valence-electron chi connectivity index (χ2n) is 5.03. The van der Waals surface area contributed by atoms with Crippen LogP contribution in [-0.2, 0) is 20.1 Å². The van der Waals surface area contributed by atoms with Crippen molar-refractivity contribution in [3.05, 3.63) is 77.5 Å². The van der Waals surface area contributed by atoms with E-state index in [1.807, 2.05) is 0 Å². The third-order valence-electron chi connectivity index (χ3n) is 3.01. The Bertz CT molecular complexity index is 873. The zero-order valence-electron chi connectivity index (χ0n) is 13.8. The van der Waals surface area contributed by atoms with Crippen molar-refractivity contribution >= 4 is 5.97 Å². The summed E-state index contributed by atoms with van der Waals surface area (Å²) in [6, 6.07) is 9.14. The summed E-state index contributed by atoms with van der Waals surface area (Å²) in [5.74, 6) is -2.37. The zero-order chi connectivity index (χ0) is 18.4. The molecule has 1 N–H and O–H groups in total. The number of carboxylic acids is 1. The van der Waals surface area contributed by atoms with Crippen LogP contribution in [0.3, 0.4) is 0 Å². The maximum absolute atomic E-state index is 13.0. The van der Waals surface area contributed by atoms with Gasteiger partial charge in [0.2, 0.25) is 0 Å². The van der Waals surface area contributed by atoms with Crippen LogP contribution in [0.1, 0.15) is 21.9 Å². The topological polar surface area (TPSA) is 76.0 Å². The Hall–Kier alpha value is -2.57. The molecule has 137 valence electrons. The Labute approximate surface area is 162 Å². The SMILES string of the molecule is Cc1cnc(-c2[c-]c(F)cc(F)c2)c(C)n1.O=C(O)c1ccccn1.[Ir]. The first kappa shape index (κ1) is 21.5. The molecule has 0 saturated carbocycles. The molecule has 0 atom stereocenters. The fourth-order valence-corrected chi connectivity index (χ4v) is 1.98. The third kappa shape index (κ3) is 6.06. The fraction of sp³-hybridized carbons (Fsp3) is 0.111. The number of nitrogens with zero attached hydrogens (tertiary/aromatic N) is 3. The molecule has 1 aromatic carbocycles. The summed E-state index contributed by atoms with van der Waals surface area (Å²) in [4.78, 5) is 22.0. The van der Waals surface area contributed by atoms with Gasteiger partial charge in [-0.2, -0.15) is 0 Å². The maximum Gasteiger partial charge on any atom is 0.354 e. The van der Waals surface area contributed by atoms with Crippen molar-refractivity contribution in [2.45, 2.75) is 13.8 Å². The molecule has 1 radical (unpaired) electrons. The third-order valence-corrected chi connectivity index (χ3v) is 3.01. The van der Waals surface area contributed by atoms with Crippen LogP contribution in [0.2, 0.25) is 0 Å². The Balaban J connectivity index is 0.000000290. The van der Waals surface area contributed by atoms with Gasteiger partial charge in [0.25, 0.3) is 0 Å². The molecule has 8 heteroatoms. The molecule has 0 aliphatic rings. The second-order valence-corrected chi connectivity index (χ2v) is 5.03. The van der Waals surface area contributed by atoms with Gasteiger partial charge in [0.1, 0.15) is 5.69 Å². The van der Waals surface area contributed by atoms with Crippen molar-refractivity contribution in [2.24, 2.45) is 0 Å². The first-order chi connectivity index (χ1) is 11.9. The molecule has 3 aromatic rings. The van der Waals surface area contributed by atoms with Gasteiger partial charge in [0.15, 0.2) is 0 Å². The van der Waals surface area contributed by atoms with Crippen molar-refractivity contribution in [3.63, 3.8) is 0 Å². The number of pyridine rings is 1. The number of benzene rings is 1. The normalized spacial score (nSPS) is 9.54. The molecule has 0 saturated heterocycles. The molecule has 0 fully saturated rings. The number of aryl methyl sites for hydroxylation is 2. The molecule has 0 spiro atoms. The van der Waals surface area contributed by atoms with Gasteiger partial charge in [0, 0.05) is 55.5 Å². The van der Waals surface area contributed by atoms with Crippen molar-refractivity contribution < 1.29 is 38.8 Å². The number of hydrogen-bond acceptors (Lipinski definition) is 4. The van der Waals surface area contributed by atoms with E-state index in [9.17, 15) is 13.6 Å². The summed E-state index contributed by atoms with van der Waals surface area (Å²) in [7, 11) is 0. The maximum atomic E-state index is 13.0.